The summed E-state index contributed by atoms with van der Waals surface area (Å²) >= 11 is 0. The number of ether oxygens (including phenoxy) is 1. The summed E-state index contributed by atoms with van der Waals surface area (Å²) < 4.78 is 7.53. The SMILES string of the molecule is CC(C)OC(=O)N[C@H]1Cc2c(n(CC3N(C)CCC3(C)O)c3ccc(C#N)cc23)C1. The first-order chi connectivity index (χ1) is 14.2. The lowest BCUT2D eigenvalue weighted by Gasteiger charge is -2.31. The zero-order valence-electron chi connectivity index (χ0n) is 18.1. The van der Waals surface area contributed by atoms with E-state index in [1.807, 2.05) is 39.0 Å². The Labute approximate surface area is 177 Å². The van der Waals surface area contributed by atoms with Gasteiger partial charge in [0.2, 0.25) is 0 Å². The van der Waals surface area contributed by atoms with Crippen molar-refractivity contribution in [2.45, 2.75) is 70.4 Å². The highest BCUT2D eigenvalue weighted by molar-refractivity contribution is 5.88. The van der Waals surface area contributed by atoms with Gasteiger partial charge in [0.05, 0.1) is 29.4 Å². The number of rotatable bonds is 4. The highest BCUT2D eigenvalue weighted by Crippen LogP contribution is 2.36. The molecule has 2 aliphatic rings. The van der Waals surface area contributed by atoms with Gasteiger partial charge in [-0.05, 0) is 64.4 Å². The van der Waals surface area contributed by atoms with Crippen LogP contribution in [0.15, 0.2) is 18.2 Å². The molecule has 30 heavy (non-hydrogen) atoms. The van der Waals surface area contributed by atoms with Gasteiger partial charge in [-0.25, -0.2) is 4.79 Å². The fraction of sp³-hybridized carbons (Fsp3) is 0.565. The lowest BCUT2D eigenvalue weighted by molar-refractivity contribution is 0.0190. The Hall–Kier alpha value is -2.56. The molecule has 7 heteroatoms. The van der Waals surface area contributed by atoms with Crippen LogP contribution in [0.25, 0.3) is 10.9 Å². The van der Waals surface area contributed by atoms with Crippen molar-refractivity contribution in [2.75, 3.05) is 13.6 Å². The number of nitriles is 1. The summed E-state index contributed by atoms with van der Waals surface area (Å²) in [6.45, 7) is 7.11. The number of nitrogens with zero attached hydrogens (tertiary/aromatic N) is 3. The third kappa shape index (κ3) is 3.66. The van der Waals surface area contributed by atoms with Gasteiger partial charge in [-0.2, -0.15) is 5.26 Å². The van der Waals surface area contributed by atoms with E-state index in [1.54, 1.807) is 0 Å². The molecule has 1 aromatic heterocycles. The number of benzene rings is 1. The summed E-state index contributed by atoms with van der Waals surface area (Å²) in [5.74, 6) is 0. The fourth-order valence-corrected chi connectivity index (χ4v) is 4.99. The first kappa shape index (κ1) is 20.7. The van der Waals surface area contributed by atoms with Crippen LogP contribution in [0.5, 0.6) is 0 Å². The maximum absolute atomic E-state index is 12.1. The molecule has 0 spiro atoms. The van der Waals surface area contributed by atoms with Crippen molar-refractivity contribution in [1.29, 1.82) is 5.26 Å². The van der Waals surface area contributed by atoms with Gasteiger partial charge >= 0.3 is 6.09 Å². The lowest BCUT2D eigenvalue weighted by Crippen LogP contribution is -2.44. The van der Waals surface area contributed by atoms with Crippen LogP contribution >= 0.6 is 0 Å². The van der Waals surface area contributed by atoms with Gasteiger partial charge in [0.25, 0.3) is 0 Å². The number of likely N-dealkylation sites (N-methyl/N-ethyl adjacent to an activating group) is 1. The van der Waals surface area contributed by atoms with E-state index in [-0.39, 0.29) is 18.2 Å². The Morgan fingerprint density at radius 3 is 2.83 bits per heavy atom. The summed E-state index contributed by atoms with van der Waals surface area (Å²) in [6.07, 6.45) is 1.60. The molecule has 4 rings (SSSR count). The second kappa shape index (κ2) is 7.60. The molecule has 1 fully saturated rings. The number of aliphatic hydroxyl groups is 1. The lowest BCUT2D eigenvalue weighted by atomic mass is 9.97. The molecule has 2 N–H and O–H groups in total. The van der Waals surface area contributed by atoms with Crippen LogP contribution in [0.2, 0.25) is 0 Å². The van der Waals surface area contributed by atoms with Crippen LogP contribution in [0.3, 0.4) is 0 Å². The van der Waals surface area contributed by atoms with E-state index in [2.05, 4.69) is 27.9 Å². The van der Waals surface area contributed by atoms with Crippen molar-refractivity contribution in [2.24, 2.45) is 0 Å². The monoisotopic (exact) mass is 410 g/mol. The number of aromatic nitrogens is 1. The number of alkyl carbamates (subject to hydrolysis) is 1. The molecule has 0 bridgehead atoms. The number of likely N-dealkylation sites (tertiary alicyclic amines) is 1. The van der Waals surface area contributed by atoms with Crippen LogP contribution in [0.1, 0.15) is 44.0 Å². The molecular weight excluding hydrogens is 380 g/mol. The van der Waals surface area contributed by atoms with Gasteiger partial charge in [-0.1, -0.05) is 0 Å². The summed E-state index contributed by atoms with van der Waals surface area (Å²) in [5, 5.41) is 24.3. The first-order valence-electron chi connectivity index (χ1n) is 10.6. The number of carbonyl (C=O) groups is 1. The molecule has 1 amide bonds. The minimum atomic E-state index is -0.748. The minimum Gasteiger partial charge on any atom is -0.447 e. The van der Waals surface area contributed by atoms with Crippen LogP contribution in [-0.4, -0.2) is 58.0 Å². The highest BCUT2D eigenvalue weighted by atomic mass is 16.6. The maximum Gasteiger partial charge on any atom is 0.407 e. The highest BCUT2D eigenvalue weighted by Gasteiger charge is 2.42. The van der Waals surface area contributed by atoms with E-state index < -0.39 is 11.7 Å². The Morgan fingerprint density at radius 1 is 1.43 bits per heavy atom. The van der Waals surface area contributed by atoms with Gasteiger partial charge in [-0.3, -0.25) is 4.90 Å². The average Bonchev–Trinajstić information content (AvgIpc) is 3.27. The number of fused-ring (bicyclic) bond motifs is 3. The predicted molar refractivity (Wildman–Crippen MR) is 114 cm³/mol. The van der Waals surface area contributed by atoms with Gasteiger partial charge in [-0.15, -0.1) is 0 Å². The van der Waals surface area contributed by atoms with Gasteiger partial charge in [0.15, 0.2) is 0 Å². The standard InChI is InChI=1S/C23H30N4O3/c1-14(2)30-22(28)25-16-10-18-17-9-15(12-24)5-6-19(17)27(20(18)11-16)13-21-23(3,29)7-8-26(21)4/h5-6,9,14,16,21,29H,7-8,10-11,13H2,1-4H3,(H,25,28)/t16-,21?,23?/m0/s1. The van der Waals surface area contributed by atoms with Gasteiger partial charge in [0.1, 0.15) is 0 Å². The van der Waals surface area contributed by atoms with Crippen molar-refractivity contribution in [3.8, 4) is 6.07 Å². The average molecular weight is 411 g/mol. The van der Waals surface area contributed by atoms with Crippen molar-refractivity contribution in [3.05, 3.63) is 35.0 Å². The molecule has 1 aliphatic heterocycles. The van der Waals surface area contributed by atoms with Crippen LogP contribution in [0, 0.1) is 11.3 Å². The molecule has 2 unspecified atom stereocenters. The predicted octanol–water partition coefficient (Wildman–Crippen LogP) is 2.57. The quantitative estimate of drug-likeness (QED) is 0.809. The van der Waals surface area contributed by atoms with E-state index in [1.165, 1.54) is 11.3 Å². The van der Waals surface area contributed by atoms with Crippen molar-refractivity contribution in [3.63, 3.8) is 0 Å². The second-order valence-corrected chi connectivity index (χ2v) is 9.19. The Bertz CT molecular complexity index is 1020. The Morgan fingerprint density at radius 2 is 2.20 bits per heavy atom. The third-order valence-electron chi connectivity index (χ3n) is 6.55. The van der Waals surface area contributed by atoms with E-state index >= 15 is 0 Å². The van der Waals surface area contributed by atoms with Crippen molar-refractivity contribution < 1.29 is 14.6 Å². The molecule has 2 aromatic rings. The molecule has 7 nitrogen and oxygen atoms in total. The van der Waals surface area contributed by atoms with E-state index in [9.17, 15) is 15.2 Å². The van der Waals surface area contributed by atoms with Gasteiger partial charge < -0.3 is 19.7 Å². The third-order valence-corrected chi connectivity index (χ3v) is 6.55. The second-order valence-electron chi connectivity index (χ2n) is 9.19. The molecular formula is C23H30N4O3. The number of hydrogen-bond donors (Lipinski definition) is 2. The smallest absolute Gasteiger partial charge is 0.407 e. The Balaban J connectivity index is 1.69. The molecule has 3 atom stereocenters. The number of nitrogens with one attached hydrogen (secondary N) is 1. The number of amides is 1. The van der Waals surface area contributed by atoms with Crippen LogP contribution in [-0.2, 0) is 24.1 Å². The largest absolute Gasteiger partial charge is 0.447 e. The number of carbonyl (C=O) groups excluding carboxylic acids is 1. The summed E-state index contributed by atoms with van der Waals surface area (Å²) in [5.41, 5.74) is 3.31. The van der Waals surface area contributed by atoms with E-state index in [0.717, 1.165) is 23.9 Å². The summed E-state index contributed by atoms with van der Waals surface area (Å²) in [6, 6.07) is 7.99. The van der Waals surface area contributed by atoms with E-state index in [4.69, 9.17) is 4.74 Å². The topological polar surface area (TPSA) is 90.5 Å². The first-order valence-corrected chi connectivity index (χ1v) is 10.6. The minimum absolute atomic E-state index is 0.00533. The fourth-order valence-electron chi connectivity index (χ4n) is 4.99. The van der Waals surface area contributed by atoms with Crippen LogP contribution < -0.4 is 5.32 Å². The zero-order valence-corrected chi connectivity index (χ0v) is 18.1. The molecule has 0 saturated carbocycles. The summed E-state index contributed by atoms with van der Waals surface area (Å²) in [4.78, 5) is 14.3. The normalized spacial score (nSPS) is 26.2. The molecule has 160 valence electrons. The van der Waals surface area contributed by atoms with Gasteiger partial charge in [0, 0.05) is 42.1 Å². The molecule has 1 aliphatic carbocycles. The van der Waals surface area contributed by atoms with Crippen LogP contribution in [0.4, 0.5) is 4.79 Å². The molecule has 1 saturated heterocycles. The number of hydrogen-bond acceptors (Lipinski definition) is 5. The molecule has 0 radical (unpaired) electrons. The maximum atomic E-state index is 12.1. The molecule has 2 heterocycles. The van der Waals surface area contributed by atoms with Crippen molar-refractivity contribution in [1.82, 2.24) is 14.8 Å². The van der Waals surface area contributed by atoms with Crippen molar-refractivity contribution >= 4 is 17.0 Å². The zero-order chi connectivity index (χ0) is 21.6. The summed E-state index contributed by atoms with van der Waals surface area (Å²) in [7, 11) is 2.05. The Kier molecular flexibility index (Phi) is 5.25. The van der Waals surface area contributed by atoms with E-state index in [0.29, 0.717) is 24.9 Å². The molecule has 1 aromatic carbocycles.